The lowest BCUT2D eigenvalue weighted by Gasteiger charge is -2.32. The number of aliphatic hydroxyl groups is 1. The SMILES string of the molecule is CS(=O)(=O)N1CCN(CC(=O)NCCO)CC1. The molecule has 17 heavy (non-hydrogen) atoms. The predicted octanol–water partition coefficient (Wildman–Crippen LogP) is -2.33. The van der Waals surface area contributed by atoms with Gasteiger partial charge in [0.2, 0.25) is 15.9 Å². The Bertz CT molecular complexity index is 349. The molecule has 0 aromatic heterocycles. The van der Waals surface area contributed by atoms with Crippen LogP contribution in [0.3, 0.4) is 0 Å². The van der Waals surface area contributed by atoms with Gasteiger partial charge >= 0.3 is 0 Å². The molecule has 1 fully saturated rings. The maximum absolute atomic E-state index is 11.4. The maximum Gasteiger partial charge on any atom is 0.234 e. The van der Waals surface area contributed by atoms with E-state index in [4.69, 9.17) is 5.11 Å². The summed E-state index contributed by atoms with van der Waals surface area (Å²) in [6.45, 7) is 2.38. The number of aliphatic hydroxyl groups excluding tert-OH is 1. The average Bonchev–Trinajstić information content (AvgIpc) is 2.26. The number of hydrogen-bond donors (Lipinski definition) is 2. The van der Waals surface area contributed by atoms with E-state index in [-0.39, 0.29) is 25.6 Å². The summed E-state index contributed by atoms with van der Waals surface area (Å²) in [6, 6.07) is 0. The molecule has 0 atom stereocenters. The Morgan fingerprint density at radius 2 is 1.88 bits per heavy atom. The minimum absolute atomic E-state index is 0.0758. The lowest BCUT2D eigenvalue weighted by Crippen LogP contribution is -2.50. The Labute approximate surface area is 101 Å². The Balaban J connectivity index is 2.30. The first-order valence-corrected chi connectivity index (χ1v) is 7.33. The smallest absolute Gasteiger partial charge is 0.234 e. The van der Waals surface area contributed by atoms with Crippen LogP contribution in [-0.4, -0.2) is 80.8 Å². The third-order valence-electron chi connectivity index (χ3n) is 2.60. The van der Waals surface area contributed by atoms with Crippen LogP contribution < -0.4 is 5.32 Å². The molecule has 1 rings (SSSR count). The fourth-order valence-corrected chi connectivity index (χ4v) is 2.50. The van der Waals surface area contributed by atoms with E-state index in [0.29, 0.717) is 26.2 Å². The minimum atomic E-state index is -3.12. The number of nitrogens with zero attached hydrogens (tertiary/aromatic N) is 2. The van der Waals surface area contributed by atoms with Gasteiger partial charge in [-0.3, -0.25) is 9.69 Å². The molecule has 0 unspecified atom stereocenters. The van der Waals surface area contributed by atoms with E-state index in [0.717, 1.165) is 0 Å². The van der Waals surface area contributed by atoms with Crippen LogP contribution in [0.1, 0.15) is 0 Å². The number of sulfonamides is 1. The van der Waals surface area contributed by atoms with Gasteiger partial charge in [-0.1, -0.05) is 0 Å². The highest BCUT2D eigenvalue weighted by Crippen LogP contribution is 2.05. The van der Waals surface area contributed by atoms with E-state index in [1.165, 1.54) is 10.6 Å². The second-order valence-corrected chi connectivity index (χ2v) is 5.99. The molecule has 1 amide bonds. The molecule has 0 aliphatic carbocycles. The van der Waals surface area contributed by atoms with Crippen molar-refractivity contribution in [2.75, 3.05) is 52.1 Å². The van der Waals surface area contributed by atoms with E-state index >= 15 is 0 Å². The first-order chi connectivity index (χ1) is 7.93. The minimum Gasteiger partial charge on any atom is -0.395 e. The first-order valence-electron chi connectivity index (χ1n) is 5.48. The first kappa shape index (κ1) is 14.4. The Morgan fingerprint density at radius 3 is 2.35 bits per heavy atom. The Hall–Kier alpha value is -0.700. The van der Waals surface area contributed by atoms with Gasteiger partial charge in [-0.15, -0.1) is 0 Å². The van der Waals surface area contributed by atoms with Gasteiger partial charge in [0.1, 0.15) is 0 Å². The normalized spacial score (nSPS) is 19.2. The van der Waals surface area contributed by atoms with Gasteiger partial charge in [0, 0.05) is 32.7 Å². The summed E-state index contributed by atoms with van der Waals surface area (Å²) in [5.74, 6) is -0.146. The molecule has 7 nitrogen and oxygen atoms in total. The lowest BCUT2D eigenvalue weighted by atomic mass is 10.3. The number of nitrogens with one attached hydrogen (secondary N) is 1. The van der Waals surface area contributed by atoms with E-state index < -0.39 is 10.0 Å². The number of rotatable bonds is 5. The summed E-state index contributed by atoms with van der Waals surface area (Å²) >= 11 is 0. The van der Waals surface area contributed by atoms with Gasteiger partial charge in [-0.2, -0.15) is 4.31 Å². The van der Waals surface area contributed by atoms with Crippen molar-refractivity contribution in [2.24, 2.45) is 0 Å². The Morgan fingerprint density at radius 1 is 1.29 bits per heavy atom. The average molecular weight is 265 g/mol. The largest absolute Gasteiger partial charge is 0.395 e. The molecular formula is C9H19N3O4S. The second-order valence-electron chi connectivity index (χ2n) is 4.01. The summed E-state index contributed by atoms with van der Waals surface area (Å²) in [6.07, 6.45) is 1.19. The van der Waals surface area contributed by atoms with Gasteiger partial charge in [-0.05, 0) is 0 Å². The van der Waals surface area contributed by atoms with Crippen LogP contribution >= 0.6 is 0 Å². The van der Waals surface area contributed by atoms with Crippen molar-refractivity contribution in [2.45, 2.75) is 0 Å². The molecular weight excluding hydrogens is 246 g/mol. The van der Waals surface area contributed by atoms with Gasteiger partial charge in [0.25, 0.3) is 0 Å². The zero-order valence-corrected chi connectivity index (χ0v) is 10.7. The van der Waals surface area contributed by atoms with Crippen molar-refractivity contribution in [1.82, 2.24) is 14.5 Å². The summed E-state index contributed by atoms with van der Waals surface area (Å²) in [5, 5.41) is 11.1. The van der Waals surface area contributed by atoms with Crippen molar-refractivity contribution < 1.29 is 18.3 Å². The van der Waals surface area contributed by atoms with Gasteiger partial charge < -0.3 is 10.4 Å². The number of carbonyl (C=O) groups is 1. The van der Waals surface area contributed by atoms with Crippen molar-refractivity contribution in [3.05, 3.63) is 0 Å². The molecule has 0 aromatic carbocycles. The molecule has 1 aliphatic rings. The molecule has 1 heterocycles. The van der Waals surface area contributed by atoms with Crippen LogP contribution in [-0.2, 0) is 14.8 Å². The Kier molecular flexibility index (Phi) is 5.31. The van der Waals surface area contributed by atoms with E-state index in [9.17, 15) is 13.2 Å². The second kappa shape index (κ2) is 6.29. The quantitative estimate of drug-likeness (QED) is 0.582. The van der Waals surface area contributed by atoms with Crippen LogP contribution in [0.5, 0.6) is 0 Å². The topological polar surface area (TPSA) is 90.0 Å². The maximum atomic E-state index is 11.4. The molecule has 0 bridgehead atoms. The third kappa shape index (κ3) is 4.99. The van der Waals surface area contributed by atoms with Crippen LogP contribution in [0.4, 0.5) is 0 Å². The molecule has 1 saturated heterocycles. The third-order valence-corrected chi connectivity index (χ3v) is 3.90. The number of piperazine rings is 1. The molecule has 100 valence electrons. The number of amides is 1. The number of hydrogen-bond acceptors (Lipinski definition) is 5. The molecule has 1 aliphatic heterocycles. The van der Waals surface area contributed by atoms with E-state index in [1.807, 2.05) is 4.90 Å². The van der Waals surface area contributed by atoms with E-state index in [2.05, 4.69) is 5.32 Å². The summed E-state index contributed by atoms with van der Waals surface area (Å²) in [4.78, 5) is 13.3. The molecule has 0 radical (unpaired) electrons. The van der Waals surface area contributed by atoms with Crippen LogP contribution in [0.15, 0.2) is 0 Å². The predicted molar refractivity (Wildman–Crippen MR) is 63.0 cm³/mol. The highest BCUT2D eigenvalue weighted by atomic mass is 32.2. The van der Waals surface area contributed by atoms with Crippen LogP contribution in [0, 0.1) is 0 Å². The summed E-state index contributed by atoms with van der Waals surface area (Å²) in [7, 11) is -3.12. The van der Waals surface area contributed by atoms with E-state index in [1.54, 1.807) is 0 Å². The zero-order chi connectivity index (χ0) is 12.9. The molecule has 0 aromatic rings. The fourth-order valence-electron chi connectivity index (χ4n) is 1.67. The van der Waals surface area contributed by atoms with Crippen molar-refractivity contribution in [1.29, 1.82) is 0 Å². The highest BCUT2D eigenvalue weighted by molar-refractivity contribution is 7.88. The van der Waals surface area contributed by atoms with Crippen molar-refractivity contribution >= 4 is 15.9 Å². The van der Waals surface area contributed by atoms with Crippen molar-refractivity contribution in [3.8, 4) is 0 Å². The number of carbonyl (C=O) groups excluding carboxylic acids is 1. The standard InChI is InChI=1S/C9H19N3O4S/c1-17(15,16)12-5-3-11(4-6-12)8-9(14)10-2-7-13/h13H,2-8H2,1H3,(H,10,14). The van der Waals surface area contributed by atoms with Crippen molar-refractivity contribution in [3.63, 3.8) is 0 Å². The van der Waals surface area contributed by atoms with Gasteiger partial charge in [-0.25, -0.2) is 8.42 Å². The summed E-state index contributed by atoms with van der Waals surface area (Å²) < 4.78 is 23.9. The zero-order valence-electron chi connectivity index (χ0n) is 9.92. The highest BCUT2D eigenvalue weighted by Gasteiger charge is 2.24. The lowest BCUT2D eigenvalue weighted by molar-refractivity contribution is -0.122. The molecule has 0 saturated carbocycles. The molecule has 8 heteroatoms. The van der Waals surface area contributed by atoms with Crippen LogP contribution in [0.2, 0.25) is 0 Å². The summed E-state index contributed by atoms with van der Waals surface area (Å²) in [5.41, 5.74) is 0. The molecule has 2 N–H and O–H groups in total. The van der Waals surface area contributed by atoms with Gasteiger partial charge in [0.05, 0.1) is 19.4 Å². The molecule has 0 spiro atoms. The monoisotopic (exact) mass is 265 g/mol. The van der Waals surface area contributed by atoms with Gasteiger partial charge in [0.15, 0.2) is 0 Å². The fraction of sp³-hybridized carbons (Fsp3) is 0.889. The van der Waals surface area contributed by atoms with Crippen LogP contribution in [0.25, 0.3) is 0 Å².